The standard InChI is InChI=1S/C21H23N3O4/c25-20-14-17(22-10-12-23(13-11-22)21(26)27)15-24(20)16-6-8-19(9-7-16)28-18-4-2-1-3-5-18/h1-9,17H,10-15H2,(H,26,27). The number of amides is 2. The van der Waals surface area contributed by atoms with Gasteiger partial charge >= 0.3 is 6.09 Å². The van der Waals surface area contributed by atoms with E-state index in [2.05, 4.69) is 4.90 Å². The van der Waals surface area contributed by atoms with Gasteiger partial charge in [-0.15, -0.1) is 0 Å². The van der Waals surface area contributed by atoms with Crippen LogP contribution in [0.5, 0.6) is 11.5 Å². The third-order valence-corrected chi connectivity index (χ3v) is 5.33. The van der Waals surface area contributed by atoms with Gasteiger partial charge in [-0.3, -0.25) is 9.69 Å². The summed E-state index contributed by atoms with van der Waals surface area (Å²) in [7, 11) is 0. The first-order chi connectivity index (χ1) is 13.6. The van der Waals surface area contributed by atoms with E-state index in [-0.39, 0.29) is 11.9 Å². The minimum absolute atomic E-state index is 0.0994. The fraction of sp³-hybridized carbons (Fsp3) is 0.333. The Balaban J connectivity index is 1.37. The minimum atomic E-state index is -0.874. The van der Waals surface area contributed by atoms with Gasteiger partial charge < -0.3 is 19.6 Å². The van der Waals surface area contributed by atoms with Crippen LogP contribution < -0.4 is 9.64 Å². The van der Waals surface area contributed by atoms with E-state index in [0.717, 1.165) is 17.2 Å². The Morgan fingerprint density at radius 2 is 1.57 bits per heavy atom. The Morgan fingerprint density at radius 1 is 0.929 bits per heavy atom. The van der Waals surface area contributed by atoms with E-state index in [9.17, 15) is 9.59 Å². The van der Waals surface area contributed by atoms with Gasteiger partial charge in [0.2, 0.25) is 5.91 Å². The molecule has 2 aliphatic rings. The molecule has 1 atom stereocenters. The van der Waals surface area contributed by atoms with E-state index >= 15 is 0 Å². The molecule has 2 amide bonds. The number of ether oxygens (including phenoxy) is 1. The van der Waals surface area contributed by atoms with E-state index in [1.807, 2.05) is 54.6 Å². The summed E-state index contributed by atoms with van der Waals surface area (Å²) in [4.78, 5) is 29.0. The lowest BCUT2D eigenvalue weighted by atomic mass is 10.2. The van der Waals surface area contributed by atoms with Crippen molar-refractivity contribution < 1.29 is 19.4 Å². The predicted octanol–water partition coefficient (Wildman–Crippen LogP) is 2.88. The summed E-state index contributed by atoms with van der Waals surface area (Å²) in [5, 5.41) is 9.07. The van der Waals surface area contributed by atoms with Gasteiger partial charge in [0.05, 0.1) is 0 Å². The first-order valence-electron chi connectivity index (χ1n) is 9.45. The topological polar surface area (TPSA) is 73.3 Å². The highest BCUT2D eigenvalue weighted by molar-refractivity contribution is 5.96. The van der Waals surface area contributed by atoms with Crippen molar-refractivity contribution in [2.75, 3.05) is 37.6 Å². The average molecular weight is 381 g/mol. The van der Waals surface area contributed by atoms with Crippen molar-refractivity contribution in [1.29, 1.82) is 0 Å². The Morgan fingerprint density at radius 3 is 2.21 bits per heavy atom. The highest BCUT2D eigenvalue weighted by Crippen LogP contribution is 2.28. The molecule has 0 saturated carbocycles. The molecule has 146 valence electrons. The van der Waals surface area contributed by atoms with Crippen molar-refractivity contribution in [2.45, 2.75) is 12.5 Å². The molecule has 2 fully saturated rings. The maximum Gasteiger partial charge on any atom is 0.407 e. The van der Waals surface area contributed by atoms with Crippen molar-refractivity contribution in [1.82, 2.24) is 9.80 Å². The lowest BCUT2D eigenvalue weighted by molar-refractivity contribution is -0.117. The number of carboxylic acid groups (broad SMARTS) is 1. The van der Waals surface area contributed by atoms with E-state index in [4.69, 9.17) is 9.84 Å². The average Bonchev–Trinajstić information content (AvgIpc) is 3.11. The Bertz CT molecular complexity index is 832. The molecule has 0 bridgehead atoms. The second-order valence-electron chi connectivity index (χ2n) is 7.08. The van der Waals surface area contributed by atoms with Gasteiger partial charge in [0, 0.05) is 50.9 Å². The van der Waals surface area contributed by atoms with Gasteiger partial charge in [-0.1, -0.05) is 18.2 Å². The number of carbonyl (C=O) groups excluding carboxylic acids is 1. The van der Waals surface area contributed by atoms with Gasteiger partial charge in [0.1, 0.15) is 11.5 Å². The molecule has 2 aromatic rings. The van der Waals surface area contributed by atoms with Crippen LogP contribution in [-0.2, 0) is 4.79 Å². The van der Waals surface area contributed by atoms with Crippen LogP contribution in [-0.4, -0.2) is 65.7 Å². The molecular weight excluding hydrogens is 358 g/mol. The quantitative estimate of drug-likeness (QED) is 0.882. The number of anilines is 1. The number of carbonyl (C=O) groups is 2. The summed E-state index contributed by atoms with van der Waals surface area (Å²) >= 11 is 0. The molecule has 2 aliphatic heterocycles. The molecule has 7 heteroatoms. The van der Waals surface area contributed by atoms with Crippen molar-refractivity contribution in [3.63, 3.8) is 0 Å². The summed E-state index contributed by atoms with van der Waals surface area (Å²) in [6.45, 7) is 2.95. The van der Waals surface area contributed by atoms with Crippen LogP contribution in [0.15, 0.2) is 54.6 Å². The van der Waals surface area contributed by atoms with Gasteiger partial charge in [-0.2, -0.15) is 0 Å². The molecule has 2 heterocycles. The molecule has 4 rings (SSSR count). The summed E-state index contributed by atoms with van der Waals surface area (Å²) in [5.41, 5.74) is 0.858. The number of nitrogens with zero attached hydrogens (tertiary/aromatic N) is 3. The van der Waals surface area contributed by atoms with Crippen molar-refractivity contribution in [3.8, 4) is 11.5 Å². The number of benzene rings is 2. The molecule has 28 heavy (non-hydrogen) atoms. The first kappa shape index (κ1) is 18.3. The van der Waals surface area contributed by atoms with E-state index in [1.165, 1.54) is 4.90 Å². The maximum absolute atomic E-state index is 12.5. The molecule has 0 aromatic heterocycles. The summed E-state index contributed by atoms with van der Waals surface area (Å²) < 4.78 is 5.80. The van der Waals surface area contributed by atoms with Crippen LogP contribution in [0.25, 0.3) is 0 Å². The molecule has 1 N–H and O–H groups in total. The fourth-order valence-corrected chi connectivity index (χ4v) is 3.78. The van der Waals surface area contributed by atoms with Gasteiger partial charge in [-0.25, -0.2) is 4.79 Å². The molecule has 2 saturated heterocycles. The lowest BCUT2D eigenvalue weighted by Gasteiger charge is -2.36. The minimum Gasteiger partial charge on any atom is -0.465 e. The maximum atomic E-state index is 12.5. The van der Waals surface area contributed by atoms with Gasteiger partial charge in [-0.05, 0) is 36.4 Å². The number of piperazine rings is 1. The third-order valence-electron chi connectivity index (χ3n) is 5.33. The third kappa shape index (κ3) is 3.94. The zero-order valence-electron chi connectivity index (χ0n) is 15.5. The molecular formula is C21H23N3O4. The van der Waals surface area contributed by atoms with Crippen LogP contribution in [0.2, 0.25) is 0 Å². The van der Waals surface area contributed by atoms with Gasteiger partial charge in [0.15, 0.2) is 0 Å². The highest BCUT2D eigenvalue weighted by atomic mass is 16.5. The van der Waals surface area contributed by atoms with Crippen LogP contribution in [0.1, 0.15) is 6.42 Å². The van der Waals surface area contributed by atoms with Crippen molar-refractivity contribution in [2.24, 2.45) is 0 Å². The van der Waals surface area contributed by atoms with E-state index in [0.29, 0.717) is 39.1 Å². The number of hydrogen-bond acceptors (Lipinski definition) is 4. The number of para-hydroxylation sites is 1. The van der Waals surface area contributed by atoms with Crippen LogP contribution in [0, 0.1) is 0 Å². The molecule has 0 radical (unpaired) electrons. The monoisotopic (exact) mass is 381 g/mol. The smallest absolute Gasteiger partial charge is 0.407 e. The zero-order chi connectivity index (χ0) is 19.5. The normalized spacial score (nSPS) is 20.4. The molecule has 2 aromatic carbocycles. The predicted molar refractivity (Wildman–Crippen MR) is 105 cm³/mol. The molecule has 0 spiro atoms. The Kier molecular flexibility index (Phi) is 5.16. The second kappa shape index (κ2) is 7.90. The van der Waals surface area contributed by atoms with E-state index < -0.39 is 6.09 Å². The summed E-state index contributed by atoms with van der Waals surface area (Å²) in [6, 6.07) is 17.2. The van der Waals surface area contributed by atoms with E-state index in [1.54, 1.807) is 4.90 Å². The van der Waals surface area contributed by atoms with Crippen LogP contribution in [0.4, 0.5) is 10.5 Å². The second-order valence-corrected chi connectivity index (χ2v) is 7.08. The highest BCUT2D eigenvalue weighted by Gasteiger charge is 2.36. The SMILES string of the molecule is O=C(O)N1CCN(C2CC(=O)N(c3ccc(Oc4ccccc4)cc3)C2)CC1. The number of hydrogen-bond donors (Lipinski definition) is 1. The van der Waals surface area contributed by atoms with Crippen molar-refractivity contribution in [3.05, 3.63) is 54.6 Å². The largest absolute Gasteiger partial charge is 0.465 e. The zero-order valence-corrected chi connectivity index (χ0v) is 15.5. The Labute approximate surface area is 163 Å². The van der Waals surface area contributed by atoms with Crippen molar-refractivity contribution >= 4 is 17.7 Å². The van der Waals surface area contributed by atoms with Gasteiger partial charge in [0.25, 0.3) is 0 Å². The molecule has 0 aliphatic carbocycles. The van der Waals surface area contributed by atoms with Crippen LogP contribution >= 0.6 is 0 Å². The molecule has 7 nitrogen and oxygen atoms in total. The van der Waals surface area contributed by atoms with Crippen LogP contribution in [0.3, 0.4) is 0 Å². The number of rotatable bonds is 4. The fourth-order valence-electron chi connectivity index (χ4n) is 3.78. The first-order valence-corrected chi connectivity index (χ1v) is 9.45. The lowest BCUT2D eigenvalue weighted by Crippen LogP contribution is -2.52. The molecule has 1 unspecified atom stereocenters. The summed E-state index contributed by atoms with van der Waals surface area (Å²) in [6.07, 6.45) is -0.406. The Hall–Kier alpha value is -3.06. The summed E-state index contributed by atoms with van der Waals surface area (Å²) in [5.74, 6) is 1.60.